The van der Waals surface area contributed by atoms with Gasteiger partial charge in [0.2, 0.25) is 0 Å². The third-order valence-corrected chi connectivity index (χ3v) is 6.37. The van der Waals surface area contributed by atoms with E-state index in [1.54, 1.807) is 29.4 Å². The minimum Gasteiger partial charge on any atom is -0.388 e. The van der Waals surface area contributed by atoms with Crippen molar-refractivity contribution in [3.8, 4) is 5.69 Å². The molecule has 1 amide bonds. The molecule has 1 aliphatic rings. The SMILES string of the molecule is O=C(c1ccncc1)N1CCC(O)(Cn2cnc3c(cnn3-c3ccc(C(F)(F)F)cc3)c2=O)CC1. The number of piperidine rings is 1. The van der Waals surface area contributed by atoms with Crippen molar-refractivity contribution in [2.45, 2.75) is 31.2 Å². The van der Waals surface area contributed by atoms with E-state index in [2.05, 4.69) is 15.1 Å². The molecular weight excluding hydrogens is 477 g/mol. The van der Waals surface area contributed by atoms with Crippen molar-refractivity contribution < 1.29 is 23.1 Å². The van der Waals surface area contributed by atoms with Gasteiger partial charge in [-0.25, -0.2) is 9.67 Å². The molecule has 0 atom stereocenters. The Morgan fingerprint density at radius 2 is 1.72 bits per heavy atom. The summed E-state index contributed by atoms with van der Waals surface area (Å²) in [4.78, 5) is 35.6. The molecule has 0 unspecified atom stereocenters. The number of halogens is 3. The van der Waals surface area contributed by atoms with Gasteiger partial charge in [0.15, 0.2) is 5.65 Å². The van der Waals surface area contributed by atoms with Crippen molar-refractivity contribution in [3.05, 3.63) is 82.8 Å². The quantitative estimate of drug-likeness (QED) is 0.464. The highest BCUT2D eigenvalue weighted by molar-refractivity contribution is 5.94. The van der Waals surface area contributed by atoms with E-state index in [-0.39, 0.29) is 36.3 Å². The summed E-state index contributed by atoms with van der Waals surface area (Å²) in [5.74, 6) is -0.143. The smallest absolute Gasteiger partial charge is 0.388 e. The summed E-state index contributed by atoms with van der Waals surface area (Å²) in [7, 11) is 0. The molecule has 0 spiro atoms. The number of nitrogens with zero attached hydrogens (tertiary/aromatic N) is 6. The summed E-state index contributed by atoms with van der Waals surface area (Å²) < 4.78 is 41.1. The van der Waals surface area contributed by atoms with Crippen LogP contribution in [0.4, 0.5) is 13.2 Å². The normalized spacial score (nSPS) is 15.8. The number of fused-ring (bicyclic) bond motifs is 1. The highest BCUT2D eigenvalue weighted by atomic mass is 19.4. The number of aromatic nitrogens is 5. The van der Waals surface area contributed by atoms with E-state index in [4.69, 9.17) is 0 Å². The van der Waals surface area contributed by atoms with Crippen LogP contribution in [0.15, 0.2) is 66.1 Å². The van der Waals surface area contributed by atoms with Crippen LogP contribution in [0.1, 0.15) is 28.8 Å². The van der Waals surface area contributed by atoms with Crippen molar-refractivity contribution >= 4 is 16.9 Å². The monoisotopic (exact) mass is 498 g/mol. The van der Waals surface area contributed by atoms with Crippen molar-refractivity contribution in [1.29, 1.82) is 0 Å². The van der Waals surface area contributed by atoms with Crippen LogP contribution in [-0.2, 0) is 12.7 Å². The van der Waals surface area contributed by atoms with Gasteiger partial charge in [-0.2, -0.15) is 18.3 Å². The van der Waals surface area contributed by atoms with Crippen LogP contribution in [-0.4, -0.2) is 58.9 Å². The maximum absolute atomic E-state index is 13.1. The summed E-state index contributed by atoms with van der Waals surface area (Å²) in [5, 5.41) is 15.4. The average molecular weight is 498 g/mol. The number of rotatable bonds is 4. The largest absolute Gasteiger partial charge is 0.416 e. The van der Waals surface area contributed by atoms with Crippen molar-refractivity contribution in [2.75, 3.05) is 13.1 Å². The number of hydrogen-bond acceptors (Lipinski definition) is 6. The summed E-state index contributed by atoms with van der Waals surface area (Å²) in [6.07, 6.45) is 1.78. The Hall–Kier alpha value is -4.06. The summed E-state index contributed by atoms with van der Waals surface area (Å²) in [6.45, 7) is 0.638. The van der Waals surface area contributed by atoms with Gasteiger partial charge in [0.1, 0.15) is 11.7 Å². The van der Waals surface area contributed by atoms with Crippen molar-refractivity contribution in [2.24, 2.45) is 0 Å². The molecule has 1 N–H and O–H groups in total. The molecular formula is C24H21F3N6O3. The summed E-state index contributed by atoms with van der Waals surface area (Å²) in [5.41, 5.74) is -1.39. The van der Waals surface area contributed by atoms with Crippen LogP contribution in [0.5, 0.6) is 0 Å². The molecule has 1 aromatic carbocycles. The minimum atomic E-state index is -4.46. The van der Waals surface area contributed by atoms with E-state index in [1.165, 1.54) is 33.9 Å². The molecule has 1 fully saturated rings. The number of aliphatic hydroxyl groups is 1. The van der Waals surface area contributed by atoms with Crippen LogP contribution < -0.4 is 5.56 Å². The molecule has 0 saturated carbocycles. The molecule has 1 aliphatic heterocycles. The number of hydrogen-bond donors (Lipinski definition) is 1. The number of amides is 1. The Morgan fingerprint density at radius 1 is 1.06 bits per heavy atom. The van der Waals surface area contributed by atoms with E-state index in [1.807, 2.05) is 0 Å². The van der Waals surface area contributed by atoms with Gasteiger partial charge in [-0.05, 0) is 49.2 Å². The molecule has 0 aliphatic carbocycles. The lowest BCUT2D eigenvalue weighted by molar-refractivity contribution is -0.137. The fraction of sp³-hybridized carbons (Fsp3) is 0.292. The van der Waals surface area contributed by atoms with Gasteiger partial charge < -0.3 is 10.0 Å². The zero-order chi connectivity index (χ0) is 25.5. The predicted molar refractivity (Wildman–Crippen MR) is 122 cm³/mol. The number of benzene rings is 1. The highest BCUT2D eigenvalue weighted by Gasteiger charge is 2.35. The Balaban J connectivity index is 1.32. The fourth-order valence-electron chi connectivity index (χ4n) is 4.32. The Labute approximate surface area is 202 Å². The third-order valence-electron chi connectivity index (χ3n) is 6.37. The Kier molecular flexibility index (Phi) is 5.83. The zero-order valence-corrected chi connectivity index (χ0v) is 18.9. The lowest BCUT2D eigenvalue weighted by atomic mass is 9.91. The molecule has 186 valence electrons. The molecule has 9 nitrogen and oxygen atoms in total. The second-order valence-corrected chi connectivity index (χ2v) is 8.77. The van der Waals surface area contributed by atoms with Gasteiger partial charge in [-0.3, -0.25) is 19.1 Å². The average Bonchev–Trinajstić information content (AvgIpc) is 3.31. The standard InChI is InChI=1S/C24H21F3N6O3/c25-24(26,27)17-1-3-18(4-2-17)33-20-19(13-30-33)22(35)32(15-29-20)14-23(36)7-11-31(12-8-23)21(34)16-5-9-28-10-6-16/h1-6,9-10,13,15,36H,7-8,11-12,14H2. The highest BCUT2D eigenvalue weighted by Crippen LogP contribution is 2.30. The number of carbonyl (C=O) groups excluding carboxylic acids is 1. The van der Waals surface area contributed by atoms with E-state index < -0.39 is 22.9 Å². The van der Waals surface area contributed by atoms with Crippen molar-refractivity contribution in [3.63, 3.8) is 0 Å². The molecule has 36 heavy (non-hydrogen) atoms. The van der Waals surface area contributed by atoms with Gasteiger partial charge in [-0.15, -0.1) is 0 Å². The topological polar surface area (TPSA) is 106 Å². The predicted octanol–water partition coefficient (Wildman–Crippen LogP) is 2.66. The third kappa shape index (κ3) is 4.47. The number of likely N-dealkylation sites (tertiary alicyclic amines) is 1. The number of pyridine rings is 1. The van der Waals surface area contributed by atoms with Gasteiger partial charge in [0.05, 0.1) is 29.6 Å². The van der Waals surface area contributed by atoms with Crippen LogP contribution >= 0.6 is 0 Å². The second kappa shape index (κ2) is 8.86. The Morgan fingerprint density at radius 3 is 2.36 bits per heavy atom. The Bertz CT molecular complexity index is 1460. The van der Waals surface area contributed by atoms with Crippen LogP contribution in [0.2, 0.25) is 0 Å². The fourth-order valence-corrected chi connectivity index (χ4v) is 4.32. The molecule has 4 aromatic rings. The lowest BCUT2D eigenvalue weighted by Gasteiger charge is -2.38. The molecule has 0 bridgehead atoms. The minimum absolute atomic E-state index is 0.0163. The first kappa shape index (κ1) is 23.7. The molecule has 4 heterocycles. The molecule has 3 aromatic heterocycles. The number of carbonyl (C=O) groups is 1. The van der Waals surface area contributed by atoms with E-state index in [9.17, 15) is 27.9 Å². The molecule has 12 heteroatoms. The first-order chi connectivity index (χ1) is 17.1. The summed E-state index contributed by atoms with van der Waals surface area (Å²) in [6, 6.07) is 7.65. The first-order valence-electron chi connectivity index (χ1n) is 11.2. The maximum atomic E-state index is 13.1. The first-order valence-corrected chi connectivity index (χ1v) is 11.2. The molecule has 0 radical (unpaired) electrons. The number of alkyl halides is 3. The van der Waals surface area contributed by atoms with Crippen LogP contribution in [0.3, 0.4) is 0 Å². The van der Waals surface area contributed by atoms with Crippen LogP contribution in [0.25, 0.3) is 16.7 Å². The molecule has 5 rings (SSSR count). The lowest BCUT2D eigenvalue weighted by Crippen LogP contribution is -2.49. The van der Waals surface area contributed by atoms with Gasteiger partial charge >= 0.3 is 6.18 Å². The zero-order valence-electron chi connectivity index (χ0n) is 18.9. The van der Waals surface area contributed by atoms with Gasteiger partial charge in [0, 0.05) is 31.0 Å². The van der Waals surface area contributed by atoms with E-state index in [0.29, 0.717) is 24.3 Å². The van der Waals surface area contributed by atoms with E-state index >= 15 is 0 Å². The van der Waals surface area contributed by atoms with Crippen LogP contribution in [0, 0.1) is 0 Å². The van der Waals surface area contributed by atoms with E-state index in [0.717, 1.165) is 12.1 Å². The molecule has 1 saturated heterocycles. The van der Waals surface area contributed by atoms with Gasteiger partial charge in [0.25, 0.3) is 11.5 Å². The maximum Gasteiger partial charge on any atom is 0.416 e. The van der Waals surface area contributed by atoms with Gasteiger partial charge in [-0.1, -0.05) is 0 Å². The van der Waals surface area contributed by atoms with Crippen molar-refractivity contribution in [1.82, 2.24) is 29.2 Å². The second-order valence-electron chi connectivity index (χ2n) is 8.77. The summed E-state index contributed by atoms with van der Waals surface area (Å²) >= 11 is 0.